The van der Waals surface area contributed by atoms with E-state index in [1.54, 1.807) is 37.3 Å². The second-order valence-electron chi connectivity index (χ2n) is 7.18. The van der Waals surface area contributed by atoms with Crippen LogP contribution in [0.1, 0.15) is 11.1 Å². The number of halogens is 1. The Kier molecular flexibility index (Phi) is 5.14. The topological polar surface area (TPSA) is 88.3 Å². The zero-order valence-corrected chi connectivity index (χ0v) is 17.0. The molecule has 0 unspecified atom stereocenters. The van der Waals surface area contributed by atoms with E-state index < -0.39 is 9.84 Å². The first-order valence-electron chi connectivity index (χ1n) is 9.50. The Morgan fingerprint density at radius 3 is 2.83 bits per heavy atom. The summed E-state index contributed by atoms with van der Waals surface area (Å²) < 4.78 is 40.1. The van der Waals surface area contributed by atoms with Gasteiger partial charge in [-0.15, -0.1) is 0 Å². The van der Waals surface area contributed by atoms with Gasteiger partial charge in [0, 0.05) is 32.2 Å². The van der Waals surface area contributed by atoms with Gasteiger partial charge in [-0.3, -0.25) is 0 Å². The second-order valence-corrected chi connectivity index (χ2v) is 9.26. The maximum absolute atomic E-state index is 14.8. The molecule has 29 heavy (non-hydrogen) atoms. The molecule has 0 amide bonds. The average molecular weight is 415 g/mol. The number of anilines is 2. The Morgan fingerprint density at radius 2 is 2.03 bits per heavy atom. The van der Waals surface area contributed by atoms with E-state index in [0.717, 1.165) is 5.56 Å². The first-order chi connectivity index (χ1) is 13.9. The molecule has 3 N–H and O–H groups in total. The van der Waals surface area contributed by atoms with Crippen LogP contribution in [0.3, 0.4) is 0 Å². The lowest BCUT2D eigenvalue weighted by Gasteiger charge is -2.23. The van der Waals surface area contributed by atoms with Gasteiger partial charge < -0.3 is 16.0 Å². The van der Waals surface area contributed by atoms with Crippen molar-refractivity contribution in [2.45, 2.75) is 18.4 Å². The smallest absolute Gasteiger partial charge is 0.180 e. The Bertz CT molecular complexity index is 1180. The molecule has 0 radical (unpaired) electrons. The number of aromatic nitrogens is 1. The molecule has 0 spiro atoms. The fourth-order valence-electron chi connectivity index (χ4n) is 3.64. The van der Waals surface area contributed by atoms with Crippen LogP contribution in [0.15, 0.2) is 47.4 Å². The molecule has 0 bridgehead atoms. The van der Waals surface area contributed by atoms with Gasteiger partial charge in [0.05, 0.1) is 27.2 Å². The molecule has 6 nitrogen and oxygen atoms in total. The molecule has 1 aromatic heterocycles. The number of fused-ring (bicyclic) bond motifs is 2. The molecule has 4 rings (SSSR count). The van der Waals surface area contributed by atoms with Gasteiger partial charge in [0.25, 0.3) is 0 Å². The molecule has 0 saturated heterocycles. The molecule has 2 heterocycles. The monoisotopic (exact) mass is 414 g/mol. The highest BCUT2D eigenvalue weighted by Crippen LogP contribution is 2.32. The highest BCUT2D eigenvalue weighted by atomic mass is 32.2. The Balaban J connectivity index is 1.83. The van der Waals surface area contributed by atoms with Crippen LogP contribution in [0.2, 0.25) is 0 Å². The molecule has 0 aliphatic carbocycles. The van der Waals surface area contributed by atoms with Crippen molar-refractivity contribution in [3.8, 4) is 0 Å². The number of nitrogens with zero attached hydrogens (tertiary/aromatic N) is 2. The maximum Gasteiger partial charge on any atom is 0.180 e. The number of nitrogens with two attached hydrogens (primary N) is 1. The Labute approximate surface area is 169 Å². The largest absolute Gasteiger partial charge is 0.383 e. The predicted molar refractivity (Wildman–Crippen MR) is 114 cm³/mol. The Morgan fingerprint density at radius 1 is 1.24 bits per heavy atom. The number of benzene rings is 2. The summed E-state index contributed by atoms with van der Waals surface area (Å²) in [5.74, 6) is 0.286. The van der Waals surface area contributed by atoms with E-state index in [-0.39, 0.29) is 11.6 Å². The van der Waals surface area contributed by atoms with Crippen molar-refractivity contribution in [1.29, 1.82) is 0 Å². The summed E-state index contributed by atoms with van der Waals surface area (Å²) in [7, 11) is -3.36. The first kappa shape index (κ1) is 19.6. The van der Waals surface area contributed by atoms with Crippen molar-refractivity contribution >= 4 is 32.2 Å². The lowest BCUT2D eigenvalue weighted by Crippen LogP contribution is -2.26. The van der Waals surface area contributed by atoms with Gasteiger partial charge in [-0.05, 0) is 30.2 Å². The molecule has 0 fully saturated rings. The second kappa shape index (κ2) is 7.61. The number of aryl methyl sites for hydroxylation is 1. The molecule has 1 aliphatic heterocycles. The van der Waals surface area contributed by atoms with Gasteiger partial charge in [-0.1, -0.05) is 24.3 Å². The van der Waals surface area contributed by atoms with Gasteiger partial charge >= 0.3 is 0 Å². The zero-order valence-electron chi connectivity index (χ0n) is 16.2. The molecule has 1 aliphatic rings. The predicted octanol–water partition coefficient (Wildman–Crippen LogP) is 2.85. The molecular formula is C21H23FN4O2S. The average Bonchev–Trinajstić information content (AvgIpc) is 2.85. The van der Waals surface area contributed by atoms with Crippen LogP contribution in [0, 0.1) is 12.7 Å². The minimum atomic E-state index is -3.36. The van der Waals surface area contributed by atoms with E-state index >= 15 is 0 Å². The van der Waals surface area contributed by atoms with Crippen molar-refractivity contribution < 1.29 is 12.8 Å². The van der Waals surface area contributed by atoms with Crippen LogP contribution in [-0.2, 0) is 16.4 Å². The summed E-state index contributed by atoms with van der Waals surface area (Å²) in [5.41, 5.74) is 8.03. The maximum atomic E-state index is 14.8. The van der Waals surface area contributed by atoms with Crippen LogP contribution in [0.5, 0.6) is 0 Å². The van der Waals surface area contributed by atoms with Crippen molar-refractivity contribution in [3.05, 3.63) is 59.4 Å². The number of pyridine rings is 1. The lowest BCUT2D eigenvalue weighted by atomic mass is 10.1. The van der Waals surface area contributed by atoms with E-state index in [1.165, 1.54) is 0 Å². The SMILES string of the molecule is Cc1ccc2nc(N3CCS(=O)(=O)c4ccccc4C3)cc(NCCN)c2c1F. The van der Waals surface area contributed by atoms with Gasteiger partial charge in [-0.2, -0.15) is 0 Å². The van der Waals surface area contributed by atoms with Crippen LogP contribution in [0.25, 0.3) is 10.9 Å². The Hall–Kier alpha value is -2.71. The fraction of sp³-hybridized carbons (Fsp3) is 0.286. The summed E-state index contributed by atoms with van der Waals surface area (Å²) in [6, 6.07) is 12.3. The normalized spacial score (nSPS) is 15.8. The highest BCUT2D eigenvalue weighted by Gasteiger charge is 2.26. The van der Waals surface area contributed by atoms with Gasteiger partial charge in [0.2, 0.25) is 0 Å². The number of sulfone groups is 1. The third-order valence-corrected chi connectivity index (χ3v) is 6.96. The van der Waals surface area contributed by atoms with Gasteiger partial charge in [-0.25, -0.2) is 17.8 Å². The summed E-state index contributed by atoms with van der Waals surface area (Å²) in [5, 5.41) is 3.61. The lowest BCUT2D eigenvalue weighted by molar-refractivity contribution is 0.596. The van der Waals surface area contributed by atoms with Gasteiger partial charge in [0.15, 0.2) is 9.84 Å². The van der Waals surface area contributed by atoms with Crippen molar-refractivity contribution in [3.63, 3.8) is 0 Å². The van der Waals surface area contributed by atoms with Crippen LogP contribution >= 0.6 is 0 Å². The molecule has 0 atom stereocenters. The molecular weight excluding hydrogens is 391 g/mol. The quantitative estimate of drug-likeness (QED) is 0.683. The molecule has 0 saturated carbocycles. The third kappa shape index (κ3) is 3.65. The minimum absolute atomic E-state index is 0.00243. The molecule has 152 valence electrons. The van der Waals surface area contributed by atoms with Crippen LogP contribution in [-0.4, -0.2) is 38.8 Å². The van der Waals surface area contributed by atoms with Crippen molar-refractivity contribution in [2.24, 2.45) is 5.73 Å². The van der Waals surface area contributed by atoms with E-state index in [1.807, 2.05) is 17.0 Å². The van der Waals surface area contributed by atoms with Gasteiger partial charge in [0.1, 0.15) is 11.6 Å². The fourth-order valence-corrected chi connectivity index (χ4v) is 5.14. The zero-order chi connectivity index (χ0) is 20.6. The summed E-state index contributed by atoms with van der Waals surface area (Å²) in [4.78, 5) is 6.94. The summed E-state index contributed by atoms with van der Waals surface area (Å²) in [6.45, 7) is 3.33. The van der Waals surface area contributed by atoms with Crippen LogP contribution in [0.4, 0.5) is 15.9 Å². The minimum Gasteiger partial charge on any atom is -0.383 e. The standard InChI is InChI=1S/C21H23FN4O2S/c1-14-6-7-16-20(21(14)22)17(24-9-8-23)12-19(25-16)26-10-11-29(27,28)18-5-3-2-4-15(18)13-26/h2-7,12H,8-11,13,23H2,1H3,(H,24,25). The van der Waals surface area contributed by atoms with Crippen molar-refractivity contribution in [1.82, 2.24) is 4.98 Å². The van der Waals surface area contributed by atoms with Crippen LogP contribution < -0.4 is 16.0 Å². The summed E-state index contributed by atoms with van der Waals surface area (Å²) >= 11 is 0. The molecule has 3 aromatic rings. The molecule has 2 aromatic carbocycles. The van der Waals surface area contributed by atoms with E-state index in [9.17, 15) is 12.8 Å². The summed E-state index contributed by atoms with van der Waals surface area (Å²) in [6.07, 6.45) is 0. The number of hydrogen-bond acceptors (Lipinski definition) is 6. The third-order valence-electron chi connectivity index (χ3n) is 5.17. The highest BCUT2D eigenvalue weighted by molar-refractivity contribution is 7.91. The van der Waals surface area contributed by atoms with E-state index in [4.69, 9.17) is 5.73 Å². The molecule has 8 heteroatoms. The number of hydrogen-bond donors (Lipinski definition) is 2. The van der Waals surface area contributed by atoms with Crippen molar-refractivity contribution in [2.75, 3.05) is 35.6 Å². The number of nitrogens with one attached hydrogen (secondary N) is 1. The van der Waals surface area contributed by atoms with E-state index in [0.29, 0.717) is 59.0 Å². The van der Waals surface area contributed by atoms with E-state index in [2.05, 4.69) is 10.3 Å². The first-order valence-corrected chi connectivity index (χ1v) is 11.2. The number of rotatable bonds is 4.